The molecule has 1 heterocycles. The Labute approximate surface area is 210 Å². The zero-order chi connectivity index (χ0) is 22.2. The van der Waals surface area contributed by atoms with Crippen LogP contribution in [0.4, 0.5) is 0 Å². The Morgan fingerprint density at radius 2 is 1.78 bits per heavy atom. The Hall–Kier alpha value is -1.39. The van der Waals surface area contributed by atoms with Gasteiger partial charge in [-0.15, -0.1) is 24.0 Å². The molecule has 7 nitrogen and oxygen atoms in total. The van der Waals surface area contributed by atoms with Crippen LogP contribution >= 0.6 is 24.0 Å². The van der Waals surface area contributed by atoms with Crippen molar-refractivity contribution in [2.24, 2.45) is 10.9 Å². The van der Waals surface area contributed by atoms with Crippen molar-refractivity contribution in [3.05, 3.63) is 35.4 Å². The molecule has 3 N–H and O–H groups in total. The number of ether oxygens (including phenoxy) is 2. The number of unbranched alkanes of at least 4 members (excludes halogenated alkanes) is 1. The van der Waals surface area contributed by atoms with E-state index < -0.39 is 0 Å². The summed E-state index contributed by atoms with van der Waals surface area (Å²) in [5.41, 5.74) is 1.76. The highest BCUT2D eigenvalue weighted by atomic mass is 127. The normalized spacial score (nSPS) is 14.5. The van der Waals surface area contributed by atoms with Crippen LogP contribution in [-0.2, 0) is 16.0 Å². The fourth-order valence-electron chi connectivity index (χ4n) is 3.30. The number of nitrogens with zero attached hydrogens (tertiary/aromatic N) is 1. The molecule has 0 spiro atoms. The topological polar surface area (TPSA) is 84.0 Å². The SMILES string of the molecule is CCCCNC(=O)c1ccc(CN=C(NCC)NCCCOCC2CCOCC2)cc1.I. The van der Waals surface area contributed by atoms with Crippen LogP contribution in [0.2, 0.25) is 0 Å². The number of rotatable bonds is 13. The van der Waals surface area contributed by atoms with Crippen molar-refractivity contribution in [1.29, 1.82) is 0 Å². The maximum Gasteiger partial charge on any atom is 0.251 e. The van der Waals surface area contributed by atoms with Gasteiger partial charge in [0.05, 0.1) is 6.54 Å². The lowest BCUT2D eigenvalue weighted by molar-refractivity contribution is 0.0203. The van der Waals surface area contributed by atoms with Crippen LogP contribution in [0.3, 0.4) is 0 Å². The number of nitrogens with one attached hydrogen (secondary N) is 3. The Balaban J connectivity index is 0.00000512. The lowest BCUT2D eigenvalue weighted by atomic mass is 10.0. The van der Waals surface area contributed by atoms with Gasteiger partial charge < -0.3 is 25.4 Å². The minimum Gasteiger partial charge on any atom is -0.381 e. The number of benzene rings is 1. The van der Waals surface area contributed by atoms with E-state index in [4.69, 9.17) is 9.47 Å². The van der Waals surface area contributed by atoms with Crippen molar-refractivity contribution in [1.82, 2.24) is 16.0 Å². The van der Waals surface area contributed by atoms with Gasteiger partial charge in [-0.2, -0.15) is 0 Å². The molecule has 2 rings (SSSR count). The van der Waals surface area contributed by atoms with Gasteiger partial charge in [0.15, 0.2) is 5.96 Å². The Morgan fingerprint density at radius 3 is 2.47 bits per heavy atom. The number of carbonyl (C=O) groups excluding carboxylic acids is 1. The highest BCUT2D eigenvalue weighted by molar-refractivity contribution is 14.0. The average molecular weight is 561 g/mol. The molecular weight excluding hydrogens is 519 g/mol. The van der Waals surface area contributed by atoms with Gasteiger partial charge in [0.25, 0.3) is 5.91 Å². The summed E-state index contributed by atoms with van der Waals surface area (Å²) in [6, 6.07) is 7.66. The van der Waals surface area contributed by atoms with Crippen molar-refractivity contribution in [3.63, 3.8) is 0 Å². The van der Waals surface area contributed by atoms with Crippen LogP contribution in [0, 0.1) is 5.92 Å². The van der Waals surface area contributed by atoms with Gasteiger partial charge in [-0.3, -0.25) is 4.79 Å². The van der Waals surface area contributed by atoms with Crippen LogP contribution in [0.1, 0.15) is 61.9 Å². The third-order valence-corrected chi connectivity index (χ3v) is 5.25. The molecule has 8 heteroatoms. The summed E-state index contributed by atoms with van der Waals surface area (Å²) in [6.07, 6.45) is 5.24. The van der Waals surface area contributed by atoms with E-state index in [0.29, 0.717) is 18.0 Å². The molecule has 182 valence electrons. The smallest absolute Gasteiger partial charge is 0.251 e. The quantitative estimate of drug-likeness (QED) is 0.148. The molecular formula is C24H41IN4O3. The second-order valence-electron chi connectivity index (χ2n) is 7.91. The van der Waals surface area contributed by atoms with Crippen molar-refractivity contribution in [2.75, 3.05) is 46.1 Å². The summed E-state index contributed by atoms with van der Waals surface area (Å²) in [5.74, 6) is 1.43. The van der Waals surface area contributed by atoms with Crippen LogP contribution < -0.4 is 16.0 Å². The van der Waals surface area contributed by atoms with Crippen molar-refractivity contribution in [2.45, 2.75) is 52.5 Å². The second kappa shape index (κ2) is 18.1. The number of aliphatic imine (C=N–C) groups is 1. The summed E-state index contributed by atoms with van der Waals surface area (Å²) in [7, 11) is 0. The van der Waals surface area contributed by atoms with Gasteiger partial charge >= 0.3 is 0 Å². The monoisotopic (exact) mass is 560 g/mol. The zero-order valence-electron chi connectivity index (χ0n) is 19.7. The molecule has 0 radical (unpaired) electrons. The second-order valence-corrected chi connectivity index (χ2v) is 7.91. The van der Waals surface area contributed by atoms with E-state index in [2.05, 4.69) is 34.8 Å². The number of guanidine groups is 1. The molecule has 0 bridgehead atoms. The highest BCUT2D eigenvalue weighted by Gasteiger charge is 2.13. The molecule has 1 aliphatic heterocycles. The van der Waals surface area contributed by atoms with Gasteiger partial charge in [-0.25, -0.2) is 4.99 Å². The number of halogens is 1. The summed E-state index contributed by atoms with van der Waals surface area (Å²) < 4.78 is 11.2. The Bertz CT molecular complexity index is 649. The lowest BCUT2D eigenvalue weighted by Gasteiger charge is -2.21. The first-order valence-corrected chi connectivity index (χ1v) is 11.8. The predicted molar refractivity (Wildman–Crippen MR) is 141 cm³/mol. The standard InChI is InChI=1S/C24H40N4O3.HI/c1-3-5-13-26-23(29)22-9-7-20(8-10-22)18-28-24(25-4-2)27-14-6-15-31-19-21-11-16-30-17-12-21;/h7-10,21H,3-6,11-19H2,1-2H3,(H,26,29)(H2,25,27,28);1H. The van der Waals surface area contributed by atoms with Gasteiger partial charge in [-0.1, -0.05) is 25.5 Å². The summed E-state index contributed by atoms with van der Waals surface area (Å²) >= 11 is 0. The van der Waals surface area contributed by atoms with Crippen molar-refractivity contribution >= 4 is 35.8 Å². The van der Waals surface area contributed by atoms with E-state index in [1.54, 1.807) is 0 Å². The Kier molecular flexibility index (Phi) is 16.2. The third-order valence-electron chi connectivity index (χ3n) is 5.25. The Morgan fingerprint density at radius 1 is 1.06 bits per heavy atom. The maximum absolute atomic E-state index is 12.1. The maximum atomic E-state index is 12.1. The van der Waals surface area contributed by atoms with Crippen LogP contribution in [0.25, 0.3) is 0 Å². The van der Waals surface area contributed by atoms with Gasteiger partial charge in [0, 0.05) is 51.6 Å². The molecule has 1 saturated heterocycles. The minimum absolute atomic E-state index is 0. The molecule has 1 aliphatic rings. The van der Waals surface area contributed by atoms with E-state index in [1.807, 2.05) is 24.3 Å². The fourth-order valence-corrected chi connectivity index (χ4v) is 3.30. The average Bonchev–Trinajstić information content (AvgIpc) is 2.80. The molecule has 0 unspecified atom stereocenters. The molecule has 1 aromatic carbocycles. The number of amides is 1. The molecule has 0 aliphatic carbocycles. The summed E-state index contributed by atoms with van der Waals surface area (Å²) in [5, 5.41) is 9.58. The van der Waals surface area contributed by atoms with Gasteiger partial charge in [0.2, 0.25) is 0 Å². The first kappa shape index (κ1) is 28.6. The third kappa shape index (κ3) is 12.0. The number of hydrogen-bond acceptors (Lipinski definition) is 4. The van der Waals surface area contributed by atoms with Crippen molar-refractivity contribution < 1.29 is 14.3 Å². The molecule has 0 atom stereocenters. The summed E-state index contributed by atoms with van der Waals surface area (Å²) in [4.78, 5) is 16.7. The van der Waals surface area contributed by atoms with Gasteiger partial charge in [-0.05, 0) is 56.2 Å². The van der Waals surface area contributed by atoms with E-state index in [1.165, 1.54) is 0 Å². The minimum atomic E-state index is -0.0162. The van der Waals surface area contributed by atoms with Crippen molar-refractivity contribution in [3.8, 4) is 0 Å². The predicted octanol–water partition coefficient (Wildman–Crippen LogP) is 3.72. The first-order valence-electron chi connectivity index (χ1n) is 11.8. The number of carbonyl (C=O) groups is 1. The molecule has 1 amide bonds. The van der Waals surface area contributed by atoms with Gasteiger partial charge in [0.1, 0.15) is 0 Å². The van der Waals surface area contributed by atoms with Crippen LogP contribution in [-0.4, -0.2) is 57.9 Å². The molecule has 0 saturated carbocycles. The molecule has 0 aromatic heterocycles. The summed E-state index contributed by atoms with van der Waals surface area (Å²) in [6.45, 7) is 10.4. The fraction of sp³-hybridized carbons (Fsp3) is 0.667. The first-order chi connectivity index (χ1) is 15.2. The van der Waals surface area contributed by atoms with Crippen LogP contribution in [0.5, 0.6) is 0 Å². The zero-order valence-corrected chi connectivity index (χ0v) is 22.0. The molecule has 32 heavy (non-hydrogen) atoms. The lowest BCUT2D eigenvalue weighted by Crippen LogP contribution is -2.38. The van der Waals surface area contributed by atoms with E-state index in [9.17, 15) is 4.79 Å². The van der Waals surface area contributed by atoms with E-state index >= 15 is 0 Å². The largest absolute Gasteiger partial charge is 0.381 e. The van der Waals surface area contributed by atoms with E-state index in [0.717, 1.165) is 89.7 Å². The van der Waals surface area contributed by atoms with E-state index in [-0.39, 0.29) is 29.9 Å². The molecule has 1 aromatic rings. The molecule has 1 fully saturated rings. The highest BCUT2D eigenvalue weighted by Crippen LogP contribution is 2.14. The number of hydrogen-bond donors (Lipinski definition) is 3. The van der Waals surface area contributed by atoms with Crippen LogP contribution in [0.15, 0.2) is 29.3 Å².